The van der Waals surface area contributed by atoms with Crippen LogP contribution in [0.2, 0.25) is 5.02 Å². The number of anilines is 1. The standard InChI is InChI=1S/C22H29ClN2O3S/c1-15(2)19-14-22(17(4)12-21(19)28-5)29(26,27)25-10-8-24(9-11-25)20-13-18(23)7-6-16(20)3/h6-7,12-15H,8-11H2,1-5H3. The Labute approximate surface area is 179 Å². The summed E-state index contributed by atoms with van der Waals surface area (Å²) in [6, 6.07) is 9.42. The summed E-state index contributed by atoms with van der Waals surface area (Å²) < 4.78 is 33.8. The molecular weight excluding hydrogens is 408 g/mol. The van der Waals surface area contributed by atoms with Crippen molar-refractivity contribution < 1.29 is 13.2 Å². The fourth-order valence-electron chi connectivity index (χ4n) is 3.81. The molecule has 0 radical (unpaired) electrons. The lowest BCUT2D eigenvalue weighted by atomic mass is 10.0. The summed E-state index contributed by atoms with van der Waals surface area (Å²) in [4.78, 5) is 2.57. The van der Waals surface area contributed by atoms with Gasteiger partial charge in [0.25, 0.3) is 0 Å². The number of hydrogen-bond donors (Lipinski definition) is 0. The summed E-state index contributed by atoms with van der Waals surface area (Å²) in [5, 5.41) is 0.690. The third kappa shape index (κ3) is 4.39. The van der Waals surface area contributed by atoms with Crippen LogP contribution in [0, 0.1) is 13.8 Å². The number of benzene rings is 2. The van der Waals surface area contributed by atoms with E-state index in [-0.39, 0.29) is 5.92 Å². The lowest BCUT2D eigenvalue weighted by Crippen LogP contribution is -2.49. The van der Waals surface area contributed by atoms with E-state index in [4.69, 9.17) is 16.3 Å². The van der Waals surface area contributed by atoms with Crippen molar-refractivity contribution in [3.8, 4) is 5.75 Å². The summed E-state index contributed by atoms with van der Waals surface area (Å²) in [6.45, 7) is 10.1. The van der Waals surface area contributed by atoms with Gasteiger partial charge in [0.1, 0.15) is 5.75 Å². The molecule has 2 aromatic rings. The fraction of sp³-hybridized carbons (Fsp3) is 0.455. The third-order valence-corrected chi connectivity index (χ3v) is 7.79. The van der Waals surface area contributed by atoms with E-state index in [0.717, 1.165) is 22.6 Å². The summed E-state index contributed by atoms with van der Waals surface area (Å²) >= 11 is 6.16. The number of halogens is 1. The molecule has 0 saturated carbocycles. The normalized spacial score (nSPS) is 15.8. The fourth-order valence-corrected chi connectivity index (χ4v) is 5.65. The van der Waals surface area contributed by atoms with Gasteiger partial charge in [-0.25, -0.2) is 8.42 Å². The minimum absolute atomic E-state index is 0.169. The molecule has 0 aromatic heterocycles. The van der Waals surface area contributed by atoms with Crippen molar-refractivity contribution in [1.29, 1.82) is 0 Å². The Morgan fingerprint density at radius 2 is 1.66 bits per heavy atom. The molecule has 1 heterocycles. The molecule has 0 amide bonds. The Bertz CT molecular complexity index is 997. The van der Waals surface area contributed by atoms with E-state index in [1.54, 1.807) is 17.5 Å². The maximum atomic E-state index is 13.4. The van der Waals surface area contributed by atoms with Crippen molar-refractivity contribution in [2.45, 2.75) is 38.5 Å². The molecule has 158 valence electrons. The zero-order valence-electron chi connectivity index (χ0n) is 17.7. The molecule has 0 spiro atoms. The second-order valence-corrected chi connectivity index (χ2v) is 10.2. The number of sulfonamides is 1. The predicted molar refractivity (Wildman–Crippen MR) is 119 cm³/mol. The van der Waals surface area contributed by atoms with Crippen LogP contribution < -0.4 is 9.64 Å². The maximum absolute atomic E-state index is 13.4. The van der Waals surface area contributed by atoms with Gasteiger partial charge in [-0.2, -0.15) is 4.31 Å². The highest BCUT2D eigenvalue weighted by molar-refractivity contribution is 7.89. The monoisotopic (exact) mass is 436 g/mol. The third-order valence-electron chi connectivity index (χ3n) is 5.52. The van der Waals surface area contributed by atoms with Gasteiger partial charge in [0.05, 0.1) is 12.0 Å². The first-order chi connectivity index (χ1) is 13.6. The van der Waals surface area contributed by atoms with Gasteiger partial charge in [-0.05, 0) is 60.7 Å². The van der Waals surface area contributed by atoms with Crippen LogP contribution in [0.4, 0.5) is 5.69 Å². The zero-order chi connectivity index (χ0) is 21.3. The first-order valence-electron chi connectivity index (χ1n) is 9.85. The molecule has 5 nitrogen and oxygen atoms in total. The Morgan fingerprint density at radius 1 is 1.00 bits per heavy atom. The van der Waals surface area contributed by atoms with Crippen LogP contribution in [-0.2, 0) is 10.0 Å². The number of rotatable bonds is 5. The summed E-state index contributed by atoms with van der Waals surface area (Å²) in [7, 11) is -1.96. The van der Waals surface area contributed by atoms with Crippen molar-refractivity contribution in [1.82, 2.24) is 4.31 Å². The number of aryl methyl sites for hydroxylation is 2. The van der Waals surface area contributed by atoms with E-state index in [1.165, 1.54) is 0 Å². The summed E-state index contributed by atoms with van der Waals surface area (Å²) in [5.41, 5.74) is 3.82. The van der Waals surface area contributed by atoms with Crippen LogP contribution in [-0.4, -0.2) is 46.0 Å². The van der Waals surface area contributed by atoms with E-state index in [2.05, 4.69) is 4.90 Å². The van der Waals surface area contributed by atoms with Crippen LogP contribution >= 0.6 is 11.6 Å². The molecule has 29 heavy (non-hydrogen) atoms. The second-order valence-electron chi connectivity index (χ2n) is 7.84. The average Bonchev–Trinajstić information content (AvgIpc) is 2.69. The number of ether oxygens (including phenoxy) is 1. The Balaban J connectivity index is 1.85. The Hall–Kier alpha value is -1.76. The molecule has 0 aliphatic carbocycles. The second kappa shape index (κ2) is 8.54. The van der Waals surface area contributed by atoms with Gasteiger partial charge in [0.15, 0.2) is 0 Å². The first kappa shape index (κ1) is 21.9. The molecular formula is C22H29ClN2O3S. The predicted octanol–water partition coefficient (Wildman–Crippen LogP) is 4.60. The minimum atomic E-state index is -3.57. The molecule has 7 heteroatoms. The van der Waals surface area contributed by atoms with Crippen LogP contribution in [0.5, 0.6) is 5.75 Å². The lowest BCUT2D eigenvalue weighted by molar-refractivity contribution is 0.384. The van der Waals surface area contributed by atoms with Gasteiger partial charge >= 0.3 is 0 Å². The molecule has 0 N–H and O–H groups in total. The molecule has 1 saturated heterocycles. The number of nitrogens with zero attached hydrogens (tertiary/aromatic N) is 2. The molecule has 0 atom stereocenters. The van der Waals surface area contributed by atoms with Crippen molar-refractivity contribution in [2.24, 2.45) is 0 Å². The topological polar surface area (TPSA) is 49.9 Å². The van der Waals surface area contributed by atoms with Gasteiger partial charge in [-0.1, -0.05) is 31.5 Å². The quantitative estimate of drug-likeness (QED) is 0.687. The van der Waals surface area contributed by atoms with Crippen molar-refractivity contribution in [3.63, 3.8) is 0 Å². The zero-order valence-corrected chi connectivity index (χ0v) is 19.3. The molecule has 2 aromatic carbocycles. The average molecular weight is 437 g/mol. The molecule has 3 rings (SSSR count). The van der Waals surface area contributed by atoms with Gasteiger partial charge in [-0.15, -0.1) is 0 Å². The molecule has 1 aliphatic heterocycles. The van der Waals surface area contributed by atoms with E-state index < -0.39 is 10.0 Å². The van der Waals surface area contributed by atoms with Crippen LogP contribution in [0.3, 0.4) is 0 Å². The van der Waals surface area contributed by atoms with Crippen molar-refractivity contribution in [2.75, 3.05) is 38.2 Å². The highest BCUT2D eigenvalue weighted by atomic mass is 35.5. The van der Waals surface area contributed by atoms with Crippen LogP contribution in [0.15, 0.2) is 35.2 Å². The van der Waals surface area contributed by atoms with E-state index in [0.29, 0.717) is 41.7 Å². The number of methoxy groups -OCH3 is 1. The van der Waals surface area contributed by atoms with Gasteiger partial charge in [0.2, 0.25) is 10.0 Å². The lowest BCUT2D eigenvalue weighted by Gasteiger charge is -2.36. The number of piperazine rings is 1. The SMILES string of the molecule is COc1cc(C)c(S(=O)(=O)N2CCN(c3cc(Cl)ccc3C)CC2)cc1C(C)C. The van der Waals surface area contributed by atoms with Gasteiger partial charge < -0.3 is 9.64 Å². The van der Waals surface area contributed by atoms with Crippen LogP contribution in [0.1, 0.15) is 36.5 Å². The summed E-state index contributed by atoms with van der Waals surface area (Å²) in [6.07, 6.45) is 0. The maximum Gasteiger partial charge on any atom is 0.243 e. The van der Waals surface area contributed by atoms with Crippen molar-refractivity contribution >= 4 is 27.3 Å². The summed E-state index contributed by atoms with van der Waals surface area (Å²) in [5.74, 6) is 0.903. The van der Waals surface area contributed by atoms with E-state index >= 15 is 0 Å². The van der Waals surface area contributed by atoms with Gasteiger partial charge in [-0.3, -0.25) is 0 Å². The smallest absolute Gasteiger partial charge is 0.243 e. The molecule has 0 bridgehead atoms. The highest BCUT2D eigenvalue weighted by Crippen LogP contribution is 2.33. The van der Waals surface area contributed by atoms with Crippen LogP contribution in [0.25, 0.3) is 0 Å². The first-order valence-corrected chi connectivity index (χ1v) is 11.7. The Morgan fingerprint density at radius 3 is 2.24 bits per heavy atom. The molecule has 1 aliphatic rings. The highest BCUT2D eigenvalue weighted by Gasteiger charge is 2.31. The van der Waals surface area contributed by atoms with Gasteiger partial charge in [0, 0.05) is 36.9 Å². The van der Waals surface area contributed by atoms with E-state index in [1.807, 2.05) is 52.0 Å². The number of hydrogen-bond acceptors (Lipinski definition) is 4. The molecule has 0 unspecified atom stereocenters. The Kier molecular flexibility index (Phi) is 6.46. The van der Waals surface area contributed by atoms with Crippen molar-refractivity contribution in [3.05, 3.63) is 52.0 Å². The van der Waals surface area contributed by atoms with E-state index in [9.17, 15) is 8.42 Å². The molecule has 1 fully saturated rings. The largest absolute Gasteiger partial charge is 0.496 e. The minimum Gasteiger partial charge on any atom is -0.496 e.